The zero-order valence-corrected chi connectivity index (χ0v) is 17.7. The lowest BCUT2D eigenvalue weighted by Crippen LogP contribution is -2.51. The summed E-state index contributed by atoms with van der Waals surface area (Å²) >= 11 is 0. The Morgan fingerprint density at radius 2 is 1.79 bits per heavy atom. The fraction of sp³-hybridized carbons (Fsp3) is 0.476. The minimum atomic E-state index is -3.82. The van der Waals surface area contributed by atoms with E-state index in [-0.39, 0.29) is 16.7 Å². The SMILES string of the molecule is CC(C)[C@H](NS(=O)(=O)c1ccc2ccccc2c1)C(=O)NCCN1CCOCC1. The smallest absolute Gasteiger partial charge is 0.241 e. The van der Waals surface area contributed by atoms with Gasteiger partial charge in [-0.25, -0.2) is 8.42 Å². The molecule has 0 unspecified atom stereocenters. The molecule has 2 aromatic rings. The van der Waals surface area contributed by atoms with Crippen LogP contribution in [0.4, 0.5) is 0 Å². The highest BCUT2D eigenvalue weighted by molar-refractivity contribution is 7.89. The summed E-state index contributed by atoms with van der Waals surface area (Å²) in [6.45, 7) is 7.94. The van der Waals surface area contributed by atoms with Crippen molar-refractivity contribution in [1.29, 1.82) is 0 Å². The molecule has 1 saturated heterocycles. The van der Waals surface area contributed by atoms with Crippen molar-refractivity contribution >= 4 is 26.7 Å². The van der Waals surface area contributed by atoms with Crippen molar-refractivity contribution in [3.05, 3.63) is 42.5 Å². The number of benzene rings is 2. The summed E-state index contributed by atoms with van der Waals surface area (Å²) in [6, 6.07) is 11.7. The molecule has 0 aliphatic carbocycles. The molecule has 7 nitrogen and oxygen atoms in total. The van der Waals surface area contributed by atoms with E-state index in [1.807, 2.05) is 38.1 Å². The molecule has 3 rings (SSSR count). The van der Waals surface area contributed by atoms with Crippen molar-refractivity contribution in [2.75, 3.05) is 39.4 Å². The van der Waals surface area contributed by atoms with E-state index >= 15 is 0 Å². The average Bonchev–Trinajstić information content (AvgIpc) is 2.72. The van der Waals surface area contributed by atoms with Gasteiger partial charge in [0.1, 0.15) is 6.04 Å². The lowest BCUT2D eigenvalue weighted by Gasteiger charge is -2.27. The molecule has 0 spiro atoms. The Balaban J connectivity index is 1.65. The number of rotatable bonds is 8. The normalized spacial score (nSPS) is 16.8. The van der Waals surface area contributed by atoms with Crippen molar-refractivity contribution in [1.82, 2.24) is 14.9 Å². The molecule has 0 aromatic heterocycles. The number of morpholine rings is 1. The van der Waals surface area contributed by atoms with Crippen LogP contribution < -0.4 is 10.0 Å². The molecule has 29 heavy (non-hydrogen) atoms. The number of nitrogens with one attached hydrogen (secondary N) is 2. The zero-order chi connectivity index (χ0) is 20.9. The number of hydrogen-bond donors (Lipinski definition) is 2. The Morgan fingerprint density at radius 3 is 2.48 bits per heavy atom. The van der Waals surface area contributed by atoms with Crippen molar-refractivity contribution in [3.8, 4) is 0 Å². The lowest BCUT2D eigenvalue weighted by atomic mass is 10.1. The van der Waals surface area contributed by atoms with Gasteiger partial charge in [-0.1, -0.05) is 44.2 Å². The maximum absolute atomic E-state index is 12.9. The van der Waals surface area contributed by atoms with Gasteiger partial charge in [0.05, 0.1) is 18.1 Å². The first-order valence-electron chi connectivity index (χ1n) is 9.96. The van der Waals surface area contributed by atoms with Crippen molar-refractivity contribution < 1.29 is 17.9 Å². The minimum absolute atomic E-state index is 0.156. The minimum Gasteiger partial charge on any atom is -0.379 e. The highest BCUT2D eigenvalue weighted by Gasteiger charge is 2.28. The first-order chi connectivity index (χ1) is 13.9. The first kappa shape index (κ1) is 21.7. The van der Waals surface area contributed by atoms with Crippen LogP contribution in [0.5, 0.6) is 0 Å². The van der Waals surface area contributed by atoms with Gasteiger partial charge in [-0.05, 0) is 28.8 Å². The van der Waals surface area contributed by atoms with Gasteiger partial charge in [0.2, 0.25) is 15.9 Å². The van der Waals surface area contributed by atoms with Gasteiger partial charge >= 0.3 is 0 Å². The molecule has 158 valence electrons. The maximum atomic E-state index is 12.9. The molecular weight excluding hydrogens is 390 g/mol. The summed E-state index contributed by atoms with van der Waals surface area (Å²) in [7, 11) is -3.82. The topological polar surface area (TPSA) is 87.7 Å². The number of amides is 1. The average molecular weight is 420 g/mol. The Labute approximate surface area is 172 Å². The molecule has 0 saturated carbocycles. The van der Waals surface area contributed by atoms with Crippen LogP contribution in [-0.4, -0.2) is 64.7 Å². The Morgan fingerprint density at radius 1 is 1.10 bits per heavy atom. The van der Waals surface area contributed by atoms with Gasteiger partial charge in [0.25, 0.3) is 0 Å². The van der Waals surface area contributed by atoms with Crippen LogP contribution >= 0.6 is 0 Å². The van der Waals surface area contributed by atoms with Crippen molar-refractivity contribution in [2.45, 2.75) is 24.8 Å². The fourth-order valence-corrected chi connectivity index (χ4v) is 4.71. The summed E-state index contributed by atoms with van der Waals surface area (Å²) in [6.07, 6.45) is 0. The summed E-state index contributed by atoms with van der Waals surface area (Å²) < 4.78 is 33.7. The third kappa shape index (κ3) is 5.76. The van der Waals surface area contributed by atoms with E-state index in [9.17, 15) is 13.2 Å². The number of fused-ring (bicyclic) bond motifs is 1. The van der Waals surface area contributed by atoms with E-state index in [1.165, 1.54) is 0 Å². The largest absolute Gasteiger partial charge is 0.379 e. The van der Waals surface area contributed by atoms with E-state index in [2.05, 4.69) is 14.9 Å². The highest BCUT2D eigenvalue weighted by Crippen LogP contribution is 2.19. The molecule has 1 aliphatic rings. The van der Waals surface area contributed by atoms with Gasteiger partial charge < -0.3 is 10.1 Å². The molecule has 1 heterocycles. The summed E-state index contributed by atoms with van der Waals surface area (Å²) in [4.78, 5) is 15.0. The molecule has 0 bridgehead atoms. The quantitative estimate of drug-likeness (QED) is 0.679. The molecule has 1 aliphatic heterocycles. The number of carbonyl (C=O) groups is 1. The van der Waals surface area contributed by atoms with Crippen LogP contribution in [0.25, 0.3) is 10.8 Å². The Hall–Kier alpha value is -2.00. The van der Waals surface area contributed by atoms with Gasteiger partial charge in [-0.2, -0.15) is 4.72 Å². The maximum Gasteiger partial charge on any atom is 0.241 e. The first-order valence-corrected chi connectivity index (χ1v) is 11.4. The van der Waals surface area contributed by atoms with Gasteiger partial charge in [0.15, 0.2) is 0 Å². The molecule has 2 N–H and O–H groups in total. The molecule has 1 atom stereocenters. The Kier molecular flexibility index (Phi) is 7.23. The van der Waals surface area contributed by atoms with Crippen LogP contribution in [0.3, 0.4) is 0 Å². The predicted octanol–water partition coefficient (Wildman–Crippen LogP) is 1.59. The fourth-order valence-electron chi connectivity index (χ4n) is 3.33. The molecular formula is C21H29N3O4S. The number of ether oxygens (including phenoxy) is 1. The van der Waals surface area contributed by atoms with Crippen LogP contribution in [0.1, 0.15) is 13.8 Å². The molecule has 8 heteroatoms. The number of hydrogen-bond acceptors (Lipinski definition) is 5. The second-order valence-electron chi connectivity index (χ2n) is 7.60. The summed E-state index contributed by atoms with van der Waals surface area (Å²) in [5.74, 6) is -0.494. The van der Waals surface area contributed by atoms with E-state index in [4.69, 9.17) is 4.74 Å². The molecule has 2 aromatic carbocycles. The van der Waals surface area contributed by atoms with Crippen molar-refractivity contribution in [2.24, 2.45) is 5.92 Å². The second kappa shape index (κ2) is 9.67. The third-order valence-corrected chi connectivity index (χ3v) is 6.53. The van der Waals surface area contributed by atoms with Crippen LogP contribution in [0.2, 0.25) is 0 Å². The van der Waals surface area contributed by atoms with E-state index in [0.717, 1.165) is 30.4 Å². The standard InChI is InChI=1S/C21H29N3O4S/c1-16(2)20(21(25)22-9-10-24-11-13-28-14-12-24)23-29(26,27)19-8-7-17-5-3-4-6-18(17)15-19/h3-8,15-16,20,23H,9-14H2,1-2H3,(H,22,25)/t20-/m0/s1. The molecule has 1 fully saturated rings. The molecule has 0 radical (unpaired) electrons. The number of carbonyl (C=O) groups excluding carboxylic acids is 1. The van der Waals surface area contributed by atoms with E-state index < -0.39 is 16.1 Å². The monoisotopic (exact) mass is 419 g/mol. The number of sulfonamides is 1. The van der Waals surface area contributed by atoms with E-state index in [1.54, 1.807) is 18.2 Å². The van der Waals surface area contributed by atoms with Crippen LogP contribution in [0.15, 0.2) is 47.4 Å². The van der Waals surface area contributed by atoms with Gasteiger partial charge in [0, 0.05) is 26.2 Å². The van der Waals surface area contributed by atoms with Gasteiger partial charge in [-0.3, -0.25) is 9.69 Å². The second-order valence-corrected chi connectivity index (χ2v) is 9.31. The van der Waals surface area contributed by atoms with Gasteiger partial charge in [-0.15, -0.1) is 0 Å². The number of nitrogens with zero attached hydrogens (tertiary/aromatic N) is 1. The van der Waals surface area contributed by atoms with E-state index in [0.29, 0.717) is 19.8 Å². The van der Waals surface area contributed by atoms with Crippen LogP contribution in [0, 0.1) is 5.92 Å². The summed E-state index contributed by atoms with van der Waals surface area (Å²) in [5.41, 5.74) is 0. The van der Waals surface area contributed by atoms with Crippen molar-refractivity contribution in [3.63, 3.8) is 0 Å². The highest BCUT2D eigenvalue weighted by atomic mass is 32.2. The summed E-state index contributed by atoms with van der Waals surface area (Å²) in [5, 5.41) is 4.67. The predicted molar refractivity (Wildman–Crippen MR) is 113 cm³/mol. The molecule has 1 amide bonds. The lowest BCUT2D eigenvalue weighted by molar-refractivity contribution is -0.123. The third-order valence-electron chi connectivity index (χ3n) is 5.09. The Bertz CT molecular complexity index is 940. The van der Waals surface area contributed by atoms with Crippen LogP contribution in [-0.2, 0) is 19.6 Å². The zero-order valence-electron chi connectivity index (χ0n) is 16.9.